The summed E-state index contributed by atoms with van der Waals surface area (Å²) >= 11 is 0. The maximum atomic E-state index is 11.4. The van der Waals surface area contributed by atoms with Gasteiger partial charge < -0.3 is 0 Å². The van der Waals surface area contributed by atoms with Crippen molar-refractivity contribution in [3.8, 4) is 0 Å². The predicted octanol–water partition coefficient (Wildman–Crippen LogP) is 5.16. The van der Waals surface area contributed by atoms with Crippen LogP contribution in [0.25, 0.3) is 0 Å². The lowest BCUT2D eigenvalue weighted by atomic mass is 9.83. The van der Waals surface area contributed by atoms with Crippen molar-refractivity contribution in [2.45, 2.75) is 84.3 Å². The molecule has 1 aliphatic rings. The van der Waals surface area contributed by atoms with E-state index in [4.69, 9.17) is 9.78 Å². The summed E-state index contributed by atoms with van der Waals surface area (Å²) in [6, 6.07) is 0. The van der Waals surface area contributed by atoms with Crippen molar-refractivity contribution in [3.05, 3.63) is 23.8 Å². The van der Waals surface area contributed by atoms with E-state index in [9.17, 15) is 4.79 Å². The standard InChI is InChI=1S/C19H32O3/c1-6-10-11-17(7-2)12-16(5)13-18(8-3)14-19(9-4,15-20)22-21-18/h10-11,13,15,17H,6-9,12,14H2,1-5H3/b11-10+,16-13+/t17-,18-,19-/m0/s1. The van der Waals surface area contributed by atoms with Crippen LogP contribution in [0.4, 0.5) is 0 Å². The van der Waals surface area contributed by atoms with E-state index in [0.29, 0.717) is 18.8 Å². The molecule has 3 heteroatoms. The summed E-state index contributed by atoms with van der Waals surface area (Å²) in [5.74, 6) is 0.564. The van der Waals surface area contributed by atoms with Crippen LogP contribution in [0.3, 0.4) is 0 Å². The monoisotopic (exact) mass is 308 g/mol. The summed E-state index contributed by atoms with van der Waals surface area (Å²) in [4.78, 5) is 22.4. The number of hydrogen-bond acceptors (Lipinski definition) is 3. The summed E-state index contributed by atoms with van der Waals surface area (Å²) in [6.45, 7) is 10.6. The largest absolute Gasteiger partial charge is 0.300 e. The first-order chi connectivity index (χ1) is 10.5. The van der Waals surface area contributed by atoms with Crippen LogP contribution in [-0.4, -0.2) is 17.5 Å². The van der Waals surface area contributed by atoms with Gasteiger partial charge in [0, 0.05) is 6.42 Å². The van der Waals surface area contributed by atoms with Crippen LogP contribution in [0.5, 0.6) is 0 Å². The molecule has 0 aromatic rings. The molecular formula is C19H32O3. The van der Waals surface area contributed by atoms with Crippen LogP contribution in [0.15, 0.2) is 23.8 Å². The molecule has 1 rings (SSSR count). The summed E-state index contributed by atoms with van der Waals surface area (Å²) in [5.41, 5.74) is 0.0585. The number of carbonyl (C=O) groups is 1. The number of rotatable bonds is 9. The Morgan fingerprint density at radius 1 is 1.14 bits per heavy atom. The highest BCUT2D eigenvalue weighted by molar-refractivity contribution is 5.63. The molecule has 1 heterocycles. The molecule has 0 aliphatic carbocycles. The molecule has 0 amide bonds. The van der Waals surface area contributed by atoms with Crippen molar-refractivity contribution in [2.75, 3.05) is 0 Å². The predicted molar refractivity (Wildman–Crippen MR) is 90.5 cm³/mol. The Labute approximate surface area is 135 Å². The van der Waals surface area contributed by atoms with Crippen molar-refractivity contribution in [1.82, 2.24) is 0 Å². The van der Waals surface area contributed by atoms with Crippen molar-refractivity contribution in [2.24, 2.45) is 5.92 Å². The van der Waals surface area contributed by atoms with Gasteiger partial charge in [-0.1, -0.05) is 51.5 Å². The van der Waals surface area contributed by atoms with Gasteiger partial charge in [0.15, 0.2) is 11.9 Å². The Morgan fingerprint density at radius 2 is 1.77 bits per heavy atom. The Hall–Kier alpha value is -0.930. The van der Waals surface area contributed by atoms with Gasteiger partial charge in [0.1, 0.15) is 5.60 Å². The van der Waals surface area contributed by atoms with E-state index in [-0.39, 0.29) is 0 Å². The topological polar surface area (TPSA) is 35.5 Å². The normalized spacial score (nSPS) is 30.9. The van der Waals surface area contributed by atoms with Gasteiger partial charge in [0.2, 0.25) is 0 Å². The zero-order chi connectivity index (χ0) is 16.6. The highest BCUT2D eigenvalue weighted by Gasteiger charge is 2.49. The van der Waals surface area contributed by atoms with Crippen molar-refractivity contribution in [1.29, 1.82) is 0 Å². The second kappa shape index (κ2) is 8.64. The molecule has 0 saturated carbocycles. The smallest absolute Gasteiger partial charge is 0.161 e. The van der Waals surface area contributed by atoms with Crippen LogP contribution in [-0.2, 0) is 14.6 Å². The van der Waals surface area contributed by atoms with Crippen LogP contribution < -0.4 is 0 Å². The molecule has 1 fully saturated rings. The van der Waals surface area contributed by atoms with Crippen molar-refractivity contribution >= 4 is 6.29 Å². The number of aldehydes is 1. The second-order valence-corrected chi connectivity index (χ2v) is 6.50. The Kier molecular flexibility index (Phi) is 7.51. The first-order valence-corrected chi connectivity index (χ1v) is 8.66. The molecule has 0 N–H and O–H groups in total. The SMILES string of the molecule is CC/C=C/[C@H](CC)C/C(C)=C/[C@@]1(CC)C[C@](C=O)(CC)OO1. The summed E-state index contributed by atoms with van der Waals surface area (Å²) in [5, 5.41) is 0. The average Bonchev–Trinajstić information content (AvgIpc) is 2.91. The van der Waals surface area contributed by atoms with Gasteiger partial charge in [-0.25, -0.2) is 9.78 Å². The van der Waals surface area contributed by atoms with Crippen LogP contribution >= 0.6 is 0 Å². The highest BCUT2D eigenvalue weighted by atomic mass is 17.2. The van der Waals surface area contributed by atoms with E-state index >= 15 is 0 Å². The molecule has 0 unspecified atom stereocenters. The van der Waals surface area contributed by atoms with Gasteiger partial charge >= 0.3 is 0 Å². The Balaban J connectivity index is 2.83. The van der Waals surface area contributed by atoms with E-state index in [1.807, 2.05) is 6.92 Å². The Bertz CT molecular complexity index is 413. The van der Waals surface area contributed by atoms with E-state index in [1.54, 1.807) is 0 Å². The number of hydrogen-bond donors (Lipinski definition) is 0. The molecule has 3 nitrogen and oxygen atoms in total. The fourth-order valence-electron chi connectivity index (χ4n) is 3.02. The number of allylic oxidation sites excluding steroid dienone is 3. The van der Waals surface area contributed by atoms with Crippen molar-refractivity contribution < 1.29 is 14.6 Å². The molecular weight excluding hydrogens is 276 g/mol. The van der Waals surface area contributed by atoms with Gasteiger partial charge in [-0.3, -0.25) is 4.79 Å². The van der Waals surface area contributed by atoms with Gasteiger partial charge in [-0.05, 0) is 44.9 Å². The lowest BCUT2D eigenvalue weighted by Crippen LogP contribution is -2.32. The zero-order valence-corrected chi connectivity index (χ0v) is 14.9. The molecule has 0 bridgehead atoms. The summed E-state index contributed by atoms with van der Waals surface area (Å²) in [6.07, 6.45) is 12.9. The summed E-state index contributed by atoms with van der Waals surface area (Å²) < 4.78 is 0. The molecule has 126 valence electrons. The fourth-order valence-corrected chi connectivity index (χ4v) is 3.02. The fraction of sp³-hybridized carbons (Fsp3) is 0.737. The molecule has 1 aliphatic heterocycles. The average molecular weight is 308 g/mol. The van der Waals surface area contributed by atoms with Gasteiger partial charge in [-0.15, -0.1) is 0 Å². The first-order valence-electron chi connectivity index (χ1n) is 8.66. The highest BCUT2D eigenvalue weighted by Crippen LogP contribution is 2.41. The molecule has 3 atom stereocenters. The van der Waals surface area contributed by atoms with E-state index in [2.05, 4.69) is 45.9 Å². The van der Waals surface area contributed by atoms with E-state index in [0.717, 1.165) is 32.0 Å². The Morgan fingerprint density at radius 3 is 2.23 bits per heavy atom. The van der Waals surface area contributed by atoms with Gasteiger partial charge in [0.25, 0.3) is 0 Å². The maximum Gasteiger partial charge on any atom is 0.161 e. The first kappa shape index (κ1) is 19.1. The minimum absolute atomic E-state index is 0.465. The van der Waals surface area contributed by atoms with Crippen LogP contribution in [0.1, 0.15) is 73.1 Å². The lowest BCUT2D eigenvalue weighted by Gasteiger charge is -2.23. The van der Waals surface area contributed by atoms with Crippen LogP contribution in [0.2, 0.25) is 0 Å². The third-order valence-electron chi connectivity index (χ3n) is 4.65. The minimum atomic E-state index is -0.779. The van der Waals surface area contributed by atoms with E-state index in [1.165, 1.54) is 5.57 Å². The van der Waals surface area contributed by atoms with Crippen LogP contribution in [0, 0.1) is 5.92 Å². The van der Waals surface area contributed by atoms with Crippen molar-refractivity contribution in [3.63, 3.8) is 0 Å². The van der Waals surface area contributed by atoms with E-state index < -0.39 is 11.2 Å². The molecule has 0 spiro atoms. The maximum absolute atomic E-state index is 11.4. The molecule has 1 saturated heterocycles. The molecule has 22 heavy (non-hydrogen) atoms. The zero-order valence-electron chi connectivity index (χ0n) is 14.9. The third-order valence-corrected chi connectivity index (χ3v) is 4.65. The third kappa shape index (κ3) is 4.79. The molecule has 0 aromatic carbocycles. The molecule has 0 radical (unpaired) electrons. The van der Waals surface area contributed by atoms with Gasteiger partial charge in [-0.2, -0.15) is 0 Å². The summed E-state index contributed by atoms with van der Waals surface area (Å²) in [7, 11) is 0. The second-order valence-electron chi connectivity index (χ2n) is 6.50. The minimum Gasteiger partial charge on any atom is -0.300 e. The number of carbonyl (C=O) groups excluding carboxylic acids is 1. The van der Waals surface area contributed by atoms with Gasteiger partial charge in [0.05, 0.1) is 0 Å². The quantitative estimate of drug-likeness (QED) is 0.335. The lowest BCUT2D eigenvalue weighted by molar-refractivity contribution is -0.332. The molecule has 0 aromatic heterocycles.